The summed E-state index contributed by atoms with van der Waals surface area (Å²) in [6, 6.07) is 1.33. The van der Waals surface area contributed by atoms with Crippen molar-refractivity contribution in [3.63, 3.8) is 0 Å². The first-order valence-corrected chi connectivity index (χ1v) is 6.13. The van der Waals surface area contributed by atoms with Gasteiger partial charge in [0, 0.05) is 0 Å². The molecule has 0 radical (unpaired) electrons. The van der Waals surface area contributed by atoms with Crippen LogP contribution in [-0.2, 0) is 17.9 Å². The molecule has 10 nitrogen and oxygen atoms in total. The Bertz CT molecular complexity index is 732. The fourth-order valence-electron chi connectivity index (χ4n) is 1.77. The van der Waals surface area contributed by atoms with Gasteiger partial charge in [-0.05, 0) is 13.0 Å². The average molecular weight is 308 g/mol. The zero-order chi connectivity index (χ0) is 16.3. The van der Waals surface area contributed by atoms with Crippen molar-refractivity contribution in [2.45, 2.75) is 20.0 Å². The van der Waals surface area contributed by atoms with Crippen LogP contribution in [0.25, 0.3) is 0 Å². The summed E-state index contributed by atoms with van der Waals surface area (Å²) < 4.78 is 6.33. The highest BCUT2D eigenvalue weighted by Crippen LogP contribution is 2.14. The maximum atomic E-state index is 11.7. The molecule has 0 spiro atoms. The Kier molecular flexibility index (Phi) is 4.20. The lowest BCUT2D eigenvalue weighted by molar-refractivity contribution is -0.385. The number of rotatable bonds is 6. The molecular weight excluding hydrogens is 296 g/mol. The predicted octanol–water partition coefficient (Wildman–Crippen LogP) is 0.707. The molecule has 0 atom stereocenters. The molecule has 22 heavy (non-hydrogen) atoms. The second-order valence-electron chi connectivity index (χ2n) is 4.42. The van der Waals surface area contributed by atoms with Crippen LogP contribution < -0.4 is 5.32 Å². The first-order chi connectivity index (χ1) is 10.4. The SMILES string of the molecule is Cc1oc(CNC(=O)Cn2cc([N+](=O)[O-])cn2)cc1C(=O)O. The maximum Gasteiger partial charge on any atom is 0.339 e. The van der Waals surface area contributed by atoms with Gasteiger partial charge in [-0.25, -0.2) is 4.79 Å². The van der Waals surface area contributed by atoms with E-state index in [1.807, 2.05) is 0 Å². The van der Waals surface area contributed by atoms with Crippen LogP contribution >= 0.6 is 0 Å². The van der Waals surface area contributed by atoms with Gasteiger partial charge >= 0.3 is 11.7 Å². The average Bonchev–Trinajstić information content (AvgIpc) is 3.03. The molecule has 0 saturated carbocycles. The maximum absolute atomic E-state index is 11.7. The van der Waals surface area contributed by atoms with Crippen molar-refractivity contribution in [1.82, 2.24) is 15.1 Å². The molecule has 0 fully saturated rings. The van der Waals surface area contributed by atoms with E-state index in [1.165, 1.54) is 13.0 Å². The van der Waals surface area contributed by atoms with Gasteiger partial charge in [0.05, 0.1) is 11.5 Å². The molecule has 2 aromatic heterocycles. The second kappa shape index (κ2) is 6.08. The van der Waals surface area contributed by atoms with Crippen LogP contribution in [0, 0.1) is 17.0 Å². The number of aromatic carboxylic acids is 1. The fourth-order valence-corrected chi connectivity index (χ4v) is 1.77. The molecule has 1 amide bonds. The number of nitrogens with zero attached hydrogens (tertiary/aromatic N) is 3. The number of carbonyl (C=O) groups is 2. The van der Waals surface area contributed by atoms with Crippen LogP contribution in [0.15, 0.2) is 22.9 Å². The van der Waals surface area contributed by atoms with Crippen LogP contribution in [0.2, 0.25) is 0 Å². The highest BCUT2D eigenvalue weighted by Gasteiger charge is 2.15. The third-order valence-electron chi connectivity index (χ3n) is 2.80. The molecule has 0 aliphatic carbocycles. The first kappa shape index (κ1) is 15.2. The van der Waals surface area contributed by atoms with Gasteiger partial charge in [-0.2, -0.15) is 5.10 Å². The van der Waals surface area contributed by atoms with Crippen molar-refractivity contribution >= 4 is 17.6 Å². The van der Waals surface area contributed by atoms with Crippen molar-refractivity contribution in [3.8, 4) is 0 Å². The minimum absolute atomic E-state index is 0.0102. The normalized spacial score (nSPS) is 10.4. The van der Waals surface area contributed by atoms with Crippen LogP contribution in [0.3, 0.4) is 0 Å². The number of carboxylic acid groups (broad SMARTS) is 1. The van der Waals surface area contributed by atoms with E-state index in [-0.39, 0.29) is 30.1 Å². The molecule has 0 saturated heterocycles. The third kappa shape index (κ3) is 3.48. The summed E-state index contributed by atoms with van der Waals surface area (Å²) >= 11 is 0. The van der Waals surface area contributed by atoms with Crippen LogP contribution in [0.1, 0.15) is 21.9 Å². The monoisotopic (exact) mass is 308 g/mol. The van der Waals surface area contributed by atoms with Crippen LogP contribution in [-0.4, -0.2) is 31.7 Å². The third-order valence-corrected chi connectivity index (χ3v) is 2.80. The van der Waals surface area contributed by atoms with E-state index in [0.29, 0.717) is 5.76 Å². The number of hydrogen-bond donors (Lipinski definition) is 2. The lowest BCUT2D eigenvalue weighted by atomic mass is 10.2. The highest BCUT2D eigenvalue weighted by molar-refractivity contribution is 5.88. The van der Waals surface area contributed by atoms with E-state index in [1.54, 1.807) is 0 Å². The molecule has 0 aliphatic rings. The van der Waals surface area contributed by atoms with E-state index in [2.05, 4.69) is 10.4 Å². The van der Waals surface area contributed by atoms with Gasteiger partial charge in [-0.15, -0.1) is 0 Å². The van der Waals surface area contributed by atoms with Gasteiger partial charge in [0.25, 0.3) is 0 Å². The topological polar surface area (TPSA) is 140 Å². The van der Waals surface area contributed by atoms with Crippen molar-refractivity contribution in [1.29, 1.82) is 0 Å². The van der Waals surface area contributed by atoms with Gasteiger partial charge in [0.15, 0.2) is 0 Å². The van der Waals surface area contributed by atoms with E-state index >= 15 is 0 Å². The van der Waals surface area contributed by atoms with E-state index < -0.39 is 16.8 Å². The summed E-state index contributed by atoms with van der Waals surface area (Å²) in [7, 11) is 0. The predicted molar refractivity (Wildman–Crippen MR) is 71.1 cm³/mol. The van der Waals surface area contributed by atoms with Gasteiger partial charge in [-0.1, -0.05) is 0 Å². The number of furan rings is 1. The smallest absolute Gasteiger partial charge is 0.339 e. The molecule has 2 aromatic rings. The number of nitro groups is 1. The van der Waals surface area contributed by atoms with Gasteiger partial charge < -0.3 is 14.8 Å². The Labute approximate surface area is 123 Å². The second-order valence-corrected chi connectivity index (χ2v) is 4.42. The summed E-state index contributed by atoms with van der Waals surface area (Å²) in [4.78, 5) is 32.4. The number of carboxylic acids is 1. The summed E-state index contributed by atoms with van der Waals surface area (Å²) in [5, 5.41) is 25.6. The zero-order valence-electron chi connectivity index (χ0n) is 11.5. The number of aryl methyl sites for hydroxylation is 1. The molecule has 2 heterocycles. The highest BCUT2D eigenvalue weighted by atomic mass is 16.6. The van der Waals surface area contributed by atoms with Crippen LogP contribution in [0.4, 0.5) is 5.69 Å². The number of carbonyl (C=O) groups excluding carboxylic acids is 1. The van der Waals surface area contributed by atoms with Crippen molar-refractivity contribution in [3.05, 3.63) is 45.7 Å². The summed E-state index contributed by atoms with van der Waals surface area (Å²) in [6.45, 7) is 1.33. The Morgan fingerprint density at radius 1 is 1.55 bits per heavy atom. The van der Waals surface area contributed by atoms with Crippen LogP contribution in [0.5, 0.6) is 0 Å². The Balaban J connectivity index is 1.91. The molecule has 0 aromatic carbocycles. The molecule has 0 bridgehead atoms. The molecule has 2 N–H and O–H groups in total. The van der Waals surface area contributed by atoms with Gasteiger partial charge in [-0.3, -0.25) is 19.6 Å². The summed E-state index contributed by atoms with van der Waals surface area (Å²) in [5.74, 6) is -0.999. The molecule has 116 valence electrons. The number of nitrogens with one attached hydrogen (secondary N) is 1. The van der Waals surface area contributed by atoms with Gasteiger partial charge in [0.2, 0.25) is 5.91 Å². The van der Waals surface area contributed by atoms with E-state index in [9.17, 15) is 19.7 Å². The molecule has 0 aliphatic heterocycles. The number of amides is 1. The van der Waals surface area contributed by atoms with E-state index in [4.69, 9.17) is 9.52 Å². The molecule has 0 unspecified atom stereocenters. The van der Waals surface area contributed by atoms with E-state index in [0.717, 1.165) is 17.1 Å². The molecule has 10 heteroatoms. The Morgan fingerprint density at radius 2 is 2.27 bits per heavy atom. The summed E-state index contributed by atoms with van der Waals surface area (Å²) in [5.41, 5.74) is -0.174. The van der Waals surface area contributed by atoms with Gasteiger partial charge in [0.1, 0.15) is 36.0 Å². The lowest BCUT2D eigenvalue weighted by Gasteiger charge is -2.02. The largest absolute Gasteiger partial charge is 0.478 e. The number of aromatic nitrogens is 2. The Morgan fingerprint density at radius 3 is 2.82 bits per heavy atom. The minimum Gasteiger partial charge on any atom is -0.478 e. The standard InChI is InChI=1S/C12H12N4O6/c1-7-10(12(18)19)2-9(22-7)4-13-11(17)6-15-5-8(3-14-15)16(20)21/h2-3,5H,4,6H2,1H3,(H,13,17)(H,18,19). The first-order valence-electron chi connectivity index (χ1n) is 6.13. The molecular formula is C12H12N4O6. The van der Waals surface area contributed by atoms with Crippen molar-refractivity contribution < 1.29 is 24.0 Å². The quantitative estimate of drug-likeness (QED) is 0.591. The lowest BCUT2D eigenvalue weighted by Crippen LogP contribution is -2.27. The number of hydrogen-bond acceptors (Lipinski definition) is 6. The molecule has 2 rings (SSSR count). The minimum atomic E-state index is -1.11. The zero-order valence-corrected chi connectivity index (χ0v) is 11.5. The Hall–Kier alpha value is -3.17. The fraction of sp³-hybridized carbons (Fsp3) is 0.250. The van der Waals surface area contributed by atoms with Crippen molar-refractivity contribution in [2.24, 2.45) is 0 Å². The summed E-state index contributed by atoms with van der Waals surface area (Å²) in [6.07, 6.45) is 2.18. The van der Waals surface area contributed by atoms with Crippen molar-refractivity contribution in [2.75, 3.05) is 0 Å².